The largest absolute Gasteiger partial charge is 0.388 e. The van der Waals surface area contributed by atoms with Gasteiger partial charge >= 0.3 is 0 Å². The molecule has 0 bridgehead atoms. The lowest BCUT2D eigenvalue weighted by atomic mass is 9.87. The van der Waals surface area contributed by atoms with Crippen molar-refractivity contribution in [2.45, 2.75) is 20.8 Å². The summed E-state index contributed by atoms with van der Waals surface area (Å²) in [6.45, 7) is 6.14. The predicted octanol–water partition coefficient (Wildman–Crippen LogP) is 14.7. The molecule has 3 nitrogen and oxygen atoms in total. The van der Waals surface area contributed by atoms with Crippen molar-refractivity contribution < 1.29 is 0 Å². The molecule has 3 heteroatoms. The third-order valence-electron chi connectivity index (χ3n) is 11.5. The molecule has 1 N–H and O–H groups in total. The summed E-state index contributed by atoms with van der Waals surface area (Å²) in [5, 5.41) is 13.5. The van der Waals surface area contributed by atoms with Crippen molar-refractivity contribution in [2.24, 2.45) is 0 Å². The van der Waals surface area contributed by atoms with E-state index in [9.17, 15) is 0 Å². The number of nitrogens with one attached hydrogen (secondary N) is 1. The van der Waals surface area contributed by atoms with E-state index in [0.29, 0.717) is 0 Å². The second kappa shape index (κ2) is 15.7. The third-order valence-corrected chi connectivity index (χ3v) is 11.5. The number of hydrogen-bond donors (Lipinski definition) is 1. The van der Waals surface area contributed by atoms with E-state index >= 15 is 0 Å². The number of hydrogen-bond acceptors (Lipinski definition) is 2. The SMILES string of the molecule is C\C=C/C=C(NC)/C(C)=C/C.c1cncc(-c2ccc(-c3ccc4ccc5c(-c6ccc(-n7c8ccccc8c8ccccc87)cc6)ccc6ccc3c4c65)cc2)c1. The molecular weight excluding hydrogens is 703 g/mol. The first-order valence-electron chi connectivity index (χ1n) is 20.0. The number of nitrogens with zero attached hydrogens (tertiary/aromatic N) is 2. The van der Waals surface area contributed by atoms with Crippen LogP contribution in [0.3, 0.4) is 0 Å². The van der Waals surface area contributed by atoms with Crippen LogP contribution in [0.4, 0.5) is 0 Å². The average Bonchev–Trinajstić information content (AvgIpc) is 3.63. The number of benzene rings is 8. The van der Waals surface area contributed by atoms with Crippen LogP contribution < -0.4 is 5.32 Å². The summed E-state index contributed by atoms with van der Waals surface area (Å²) in [5.41, 5.74) is 13.3. The highest BCUT2D eigenvalue weighted by Crippen LogP contribution is 2.43. The first-order chi connectivity index (χ1) is 28.6. The molecular formula is C55H45N3. The van der Waals surface area contributed by atoms with Gasteiger partial charge < -0.3 is 9.88 Å². The number of para-hydroxylation sites is 2. The molecule has 0 spiro atoms. The highest BCUT2D eigenvalue weighted by Gasteiger charge is 2.16. The van der Waals surface area contributed by atoms with Crippen LogP contribution in [-0.4, -0.2) is 16.6 Å². The molecule has 10 aromatic rings. The standard InChI is InChI=1S/C45H28N2.C10H17N/c1-3-9-42-38(7-1)39-8-2-4-10-43(39)47(42)35-21-15-31(16-22-35)37-24-18-33-19-25-40-36(23-17-32-20-26-41(37)45(33)44(32)40)30-13-11-29(12-14-30)34-6-5-27-46-28-34;1-5-7-8-10(11-4)9(3)6-2/h1-28H;5-8,11H,1-4H3/b;7-5-,9-6+,10-8-. The number of pyridine rings is 1. The smallest absolute Gasteiger partial charge is 0.0541 e. The van der Waals surface area contributed by atoms with Crippen molar-refractivity contribution in [1.29, 1.82) is 0 Å². The van der Waals surface area contributed by atoms with E-state index in [0.717, 1.165) is 5.56 Å². The zero-order chi connectivity index (χ0) is 39.6. The molecule has 2 aromatic heterocycles. The van der Waals surface area contributed by atoms with Gasteiger partial charge in [0.05, 0.1) is 11.0 Å². The van der Waals surface area contributed by atoms with Crippen LogP contribution >= 0.6 is 0 Å². The lowest BCUT2D eigenvalue weighted by Crippen LogP contribution is -2.06. The summed E-state index contributed by atoms with van der Waals surface area (Å²) < 4.78 is 2.38. The summed E-state index contributed by atoms with van der Waals surface area (Å²) in [6.07, 6.45) is 11.9. The maximum absolute atomic E-state index is 4.29. The zero-order valence-electron chi connectivity index (χ0n) is 33.4. The molecule has 0 amide bonds. The van der Waals surface area contributed by atoms with Gasteiger partial charge in [0.15, 0.2) is 0 Å². The molecule has 0 unspecified atom stereocenters. The number of likely N-dealkylation sites (N-methyl/N-ethyl adjacent to an activating group) is 1. The molecule has 0 aliphatic rings. The molecule has 0 atom stereocenters. The van der Waals surface area contributed by atoms with E-state index in [2.05, 4.69) is 186 Å². The van der Waals surface area contributed by atoms with Crippen LogP contribution in [0.2, 0.25) is 0 Å². The monoisotopic (exact) mass is 747 g/mol. The first-order valence-corrected chi connectivity index (χ1v) is 20.0. The van der Waals surface area contributed by atoms with Crippen molar-refractivity contribution in [1.82, 2.24) is 14.9 Å². The summed E-state index contributed by atoms with van der Waals surface area (Å²) >= 11 is 0. The van der Waals surface area contributed by atoms with Gasteiger partial charge in [-0.1, -0.05) is 146 Å². The molecule has 0 fully saturated rings. The number of rotatable bonds is 7. The Morgan fingerprint density at radius 2 is 1.07 bits per heavy atom. The van der Waals surface area contributed by atoms with Crippen LogP contribution in [0.25, 0.3) is 93.2 Å². The van der Waals surface area contributed by atoms with Gasteiger partial charge in [-0.25, -0.2) is 0 Å². The lowest BCUT2D eigenvalue weighted by molar-refractivity contribution is 0.997. The highest BCUT2D eigenvalue weighted by atomic mass is 15.0. The molecule has 10 rings (SSSR count). The van der Waals surface area contributed by atoms with E-state index in [-0.39, 0.29) is 0 Å². The van der Waals surface area contributed by atoms with Crippen molar-refractivity contribution in [3.8, 4) is 39.1 Å². The Hall–Kier alpha value is -7.23. The van der Waals surface area contributed by atoms with E-state index in [1.54, 1.807) is 0 Å². The highest BCUT2D eigenvalue weighted by molar-refractivity contribution is 6.27. The molecule has 58 heavy (non-hydrogen) atoms. The van der Waals surface area contributed by atoms with Crippen LogP contribution in [0.15, 0.2) is 206 Å². The Morgan fingerprint density at radius 3 is 1.59 bits per heavy atom. The Labute approximate surface area is 340 Å². The van der Waals surface area contributed by atoms with Crippen molar-refractivity contribution >= 4 is 54.1 Å². The maximum Gasteiger partial charge on any atom is 0.0541 e. The summed E-state index contributed by atoms with van der Waals surface area (Å²) in [4.78, 5) is 4.29. The minimum atomic E-state index is 1.13. The quantitative estimate of drug-likeness (QED) is 0.130. The normalized spacial score (nSPS) is 12.3. The summed E-state index contributed by atoms with van der Waals surface area (Å²) in [7, 11) is 1.93. The average molecular weight is 748 g/mol. The van der Waals surface area contributed by atoms with E-state index in [1.807, 2.05) is 51.5 Å². The fourth-order valence-corrected chi connectivity index (χ4v) is 8.43. The fraction of sp³-hybridized carbons (Fsp3) is 0.0727. The topological polar surface area (TPSA) is 29.9 Å². The molecule has 0 aliphatic carbocycles. The number of aromatic nitrogens is 2. The Morgan fingerprint density at radius 1 is 0.534 bits per heavy atom. The van der Waals surface area contributed by atoms with E-state index < -0.39 is 0 Å². The Kier molecular flexibility index (Phi) is 9.87. The van der Waals surface area contributed by atoms with Gasteiger partial charge in [0.25, 0.3) is 0 Å². The molecule has 2 heterocycles. The first kappa shape index (κ1) is 36.4. The van der Waals surface area contributed by atoms with Crippen molar-refractivity contribution in [3.63, 3.8) is 0 Å². The van der Waals surface area contributed by atoms with E-state index in [1.165, 1.54) is 98.9 Å². The second-order valence-electron chi connectivity index (χ2n) is 14.7. The minimum absolute atomic E-state index is 1.13. The Balaban J connectivity index is 0.000000350. The molecule has 8 aromatic carbocycles. The summed E-state index contributed by atoms with van der Waals surface area (Å²) in [6, 6.07) is 57.7. The van der Waals surface area contributed by atoms with Gasteiger partial charge in [-0.3, -0.25) is 4.98 Å². The van der Waals surface area contributed by atoms with Gasteiger partial charge in [-0.2, -0.15) is 0 Å². The predicted molar refractivity (Wildman–Crippen MR) is 250 cm³/mol. The molecule has 280 valence electrons. The van der Waals surface area contributed by atoms with Gasteiger partial charge in [-0.05, 0) is 128 Å². The van der Waals surface area contributed by atoms with Crippen LogP contribution in [0, 0.1) is 0 Å². The second-order valence-corrected chi connectivity index (χ2v) is 14.7. The molecule has 0 radical (unpaired) electrons. The molecule has 0 saturated carbocycles. The van der Waals surface area contributed by atoms with Crippen molar-refractivity contribution in [2.75, 3.05) is 7.05 Å². The molecule has 0 aliphatic heterocycles. The van der Waals surface area contributed by atoms with Crippen LogP contribution in [0.5, 0.6) is 0 Å². The fourth-order valence-electron chi connectivity index (χ4n) is 8.43. The van der Waals surface area contributed by atoms with Gasteiger partial charge in [0.2, 0.25) is 0 Å². The Bertz CT molecular complexity index is 3090. The zero-order valence-corrected chi connectivity index (χ0v) is 33.4. The lowest BCUT2D eigenvalue weighted by Gasteiger charge is -2.17. The molecule has 0 saturated heterocycles. The minimum Gasteiger partial charge on any atom is -0.388 e. The van der Waals surface area contributed by atoms with Gasteiger partial charge in [0.1, 0.15) is 0 Å². The van der Waals surface area contributed by atoms with Gasteiger partial charge in [0, 0.05) is 41.6 Å². The number of allylic oxidation sites excluding steroid dienone is 5. The van der Waals surface area contributed by atoms with E-state index in [4.69, 9.17) is 0 Å². The summed E-state index contributed by atoms with van der Waals surface area (Å²) in [5.74, 6) is 0. The van der Waals surface area contributed by atoms with Gasteiger partial charge in [-0.15, -0.1) is 0 Å². The van der Waals surface area contributed by atoms with Crippen molar-refractivity contribution in [3.05, 3.63) is 206 Å². The number of fused-ring (bicyclic) bond motifs is 3. The maximum atomic E-state index is 4.29. The van der Waals surface area contributed by atoms with Crippen LogP contribution in [-0.2, 0) is 0 Å². The van der Waals surface area contributed by atoms with Crippen LogP contribution in [0.1, 0.15) is 20.8 Å². The third kappa shape index (κ3) is 6.51.